The Kier molecular flexibility index (Phi) is 2.79. The van der Waals surface area contributed by atoms with Crippen molar-refractivity contribution in [3.63, 3.8) is 0 Å². The van der Waals surface area contributed by atoms with Crippen molar-refractivity contribution in [2.75, 3.05) is 6.54 Å². The SMILES string of the molecule is Cc1cc(CCNS(=O)(=O)C2CC2)on1. The predicted octanol–water partition coefficient (Wildman–Crippen LogP) is 0.607. The van der Waals surface area contributed by atoms with E-state index in [1.54, 1.807) is 0 Å². The highest BCUT2D eigenvalue weighted by Crippen LogP contribution is 2.27. The zero-order valence-electron chi connectivity index (χ0n) is 8.56. The average molecular weight is 230 g/mol. The molecule has 5 nitrogen and oxygen atoms in total. The normalized spacial score (nSPS) is 16.9. The standard InChI is InChI=1S/C9H14N2O3S/c1-7-6-8(14-11-7)4-5-10-15(12,13)9-2-3-9/h6,9-10H,2-5H2,1H3. The maximum Gasteiger partial charge on any atom is 0.214 e. The molecule has 15 heavy (non-hydrogen) atoms. The summed E-state index contributed by atoms with van der Waals surface area (Å²) in [5, 5.41) is 3.57. The number of aromatic nitrogens is 1. The van der Waals surface area contributed by atoms with E-state index in [2.05, 4.69) is 9.88 Å². The molecule has 1 aromatic rings. The average Bonchev–Trinajstić information content (AvgIpc) is 2.92. The number of nitrogens with zero attached hydrogens (tertiary/aromatic N) is 1. The monoisotopic (exact) mass is 230 g/mol. The molecule has 1 aliphatic carbocycles. The Labute approximate surface area is 88.9 Å². The van der Waals surface area contributed by atoms with Crippen LogP contribution in [-0.4, -0.2) is 25.4 Å². The smallest absolute Gasteiger partial charge is 0.214 e. The quantitative estimate of drug-likeness (QED) is 0.804. The summed E-state index contributed by atoms with van der Waals surface area (Å²) in [6, 6.07) is 1.81. The molecule has 0 saturated heterocycles. The van der Waals surface area contributed by atoms with E-state index in [1.165, 1.54) is 0 Å². The maximum absolute atomic E-state index is 11.4. The Morgan fingerprint density at radius 3 is 2.87 bits per heavy atom. The summed E-state index contributed by atoms with van der Waals surface area (Å²) in [6.07, 6.45) is 2.13. The van der Waals surface area contributed by atoms with E-state index in [0.717, 1.165) is 18.5 Å². The van der Waals surface area contributed by atoms with E-state index < -0.39 is 10.0 Å². The summed E-state index contributed by atoms with van der Waals surface area (Å²) < 4.78 is 30.4. The van der Waals surface area contributed by atoms with Gasteiger partial charge in [0.2, 0.25) is 10.0 Å². The second-order valence-corrected chi connectivity index (χ2v) is 5.87. The zero-order valence-corrected chi connectivity index (χ0v) is 9.38. The molecule has 1 heterocycles. The first-order valence-corrected chi connectivity index (χ1v) is 6.53. The first kappa shape index (κ1) is 10.6. The predicted molar refractivity (Wildman–Crippen MR) is 54.9 cm³/mol. The van der Waals surface area contributed by atoms with Crippen molar-refractivity contribution in [1.29, 1.82) is 0 Å². The minimum atomic E-state index is -3.06. The molecule has 1 saturated carbocycles. The summed E-state index contributed by atoms with van der Waals surface area (Å²) in [5.41, 5.74) is 0.815. The summed E-state index contributed by atoms with van der Waals surface area (Å²) >= 11 is 0. The van der Waals surface area contributed by atoms with Crippen LogP contribution >= 0.6 is 0 Å². The fourth-order valence-electron chi connectivity index (χ4n) is 1.35. The fourth-order valence-corrected chi connectivity index (χ4v) is 2.73. The number of nitrogens with one attached hydrogen (secondary N) is 1. The minimum Gasteiger partial charge on any atom is -0.361 e. The lowest BCUT2D eigenvalue weighted by Gasteiger charge is -2.02. The van der Waals surface area contributed by atoms with Gasteiger partial charge in [-0.2, -0.15) is 0 Å². The van der Waals surface area contributed by atoms with Gasteiger partial charge in [0.1, 0.15) is 5.76 Å². The van der Waals surface area contributed by atoms with Crippen LogP contribution in [-0.2, 0) is 16.4 Å². The number of hydrogen-bond acceptors (Lipinski definition) is 4. The second-order valence-electron chi connectivity index (χ2n) is 3.82. The third-order valence-corrected chi connectivity index (χ3v) is 4.27. The van der Waals surface area contributed by atoms with Gasteiger partial charge in [0.15, 0.2) is 0 Å². The molecule has 1 fully saturated rings. The Morgan fingerprint density at radius 2 is 2.33 bits per heavy atom. The van der Waals surface area contributed by atoms with Crippen LogP contribution in [0.1, 0.15) is 24.3 Å². The summed E-state index contributed by atoms with van der Waals surface area (Å²) in [6.45, 7) is 2.22. The second kappa shape index (κ2) is 3.94. The first-order chi connectivity index (χ1) is 7.08. The molecule has 0 aromatic carbocycles. The van der Waals surface area contributed by atoms with E-state index in [4.69, 9.17) is 4.52 Å². The van der Waals surface area contributed by atoms with Crippen LogP contribution in [0, 0.1) is 6.92 Å². The Balaban J connectivity index is 1.79. The van der Waals surface area contributed by atoms with Crippen LogP contribution in [0.4, 0.5) is 0 Å². The van der Waals surface area contributed by atoms with Gasteiger partial charge in [-0.05, 0) is 19.8 Å². The van der Waals surface area contributed by atoms with Gasteiger partial charge >= 0.3 is 0 Å². The molecule has 1 aromatic heterocycles. The number of rotatable bonds is 5. The number of sulfonamides is 1. The molecule has 84 valence electrons. The molecular formula is C9H14N2O3S. The van der Waals surface area contributed by atoms with E-state index in [0.29, 0.717) is 18.7 Å². The van der Waals surface area contributed by atoms with Gasteiger partial charge in [-0.25, -0.2) is 13.1 Å². The molecule has 0 radical (unpaired) electrons. The fraction of sp³-hybridized carbons (Fsp3) is 0.667. The summed E-state index contributed by atoms with van der Waals surface area (Å²) in [4.78, 5) is 0. The van der Waals surface area contributed by atoms with Crippen molar-refractivity contribution in [3.05, 3.63) is 17.5 Å². The topological polar surface area (TPSA) is 72.2 Å². The molecule has 0 unspecified atom stereocenters. The Morgan fingerprint density at radius 1 is 1.60 bits per heavy atom. The Bertz CT molecular complexity index is 434. The van der Waals surface area contributed by atoms with Crippen LogP contribution in [0.2, 0.25) is 0 Å². The van der Waals surface area contributed by atoms with E-state index >= 15 is 0 Å². The first-order valence-electron chi connectivity index (χ1n) is 4.98. The van der Waals surface area contributed by atoms with Crippen LogP contribution in [0.5, 0.6) is 0 Å². The van der Waals surface area contributed by atoms with Crippen molar-refractivity contribution in [2.45, 2.75) is 31.4 Å². The van der Waals surface area contributed by atoms with E-state index in [1.807, 2.05) is 13.0 Å². The minimum absolute atomic E-state index is 0.158. The van der Waals surface area contributed by atoms with Crippen LogP contribution < -0.4 is 4.72 Å². The molecule has 0 bridgehead atoms. The maximum atomic E-state index is 11.4. The van der Waals surface area contributed by atoms with Crippen molar-refractivity contribution in [2.24, 2.45) is 0 Å². The van der Waals surface area contributed by atoms with Crippen molar-refractivity contribution in [3.8, 4) is 0 Å². The Hall–Kier alpha value is -0.880. The van der Waals surface area contributed by atoms with Gasteiger partial charge < -0.3 is 4.52 Å². The molecular weight excluding hydrogens is 216 g/mol. The van der Waals surface area contributed by atoms with Gasteiger partial charge in [-0.15, -0.1) is 0 Å². The lowest BCUT2D eigenvalue weighted by molar-refractivity contribution is 0.379. The molecule has 0 amide bonds. The number of hydrogen-bond donors (Lipinski definition) is 1. The largest absolute Gasteiger partial charge is 0.361 e. The van der Waals surface area contributed by atoms with Crippen molar-refractivity contribution < 1.29 is 12.9 Å². The molecule has 1 N–H and O–H groups in total. The van der Waals surface area contributed by atoms with Gasteiger partial charge in [-0.1, -0.05) is 5.16 Å². The van der Waals surface area contributed by atoms with E-state index in [9.17, 15) is 8.42 Å². The molecule has 0 spiro atoms. The van der Waals surface area contributed by atoms with Crippen molar-refractivity contribution in [1.82, 2.24) is 9.88 Å². The van der Waals surface area contributed by atoms with E-state index in [-0.39, 0.29) is 5.25 Å². The molecule has 0 aliphatic heterocycles. The van der Waals surface area contributed by atoms with Gasteiger partial charge in [0.05, 0.1) is 10.9 Å². The zero-order chi connectivity index (χ0) is 10.9. The van der Waals surface area contributed by atoms with Gasteiger partial charge in [0.25, 0.3) is 0 Å². The van der Waals surface area contributed by atoms with Crippen molar-refractivity contribution >= 4 is 10.0 Å². The van der Waals surface area contributed by atoms with Crippen LogP contribution in [0.3, 0.4) is 0 Å². The summed E-state index contributed by atoms with van der Waals surface area (Å²) in [5.74, 6) is 0.714. The van der Waals surface area contributed by atoms with Crippen LogP contribution in [0.15, 0.2) is 10.6 Å². The molecule has 2 rings (SSSR count). The molecule has 1 aliphatic rings. The highest BCUT2D eigenvalue weighted by molar-refractivity contribution is 7.90. The number of aryl methyl sites for hydroxylation is 1. The third-order valence-electron chi connectivity index (χ3n) is 2.31. The third kappa shape index (κ3) is 2.79. The molecule has 6 heteroatoms. The van der Waals surface area contributed by atoms with Gasteiger partial charge in [-0.3, -0.25) is 0 Å². The van der Waals surface area contributed by atoms with Gasteiger partial charge in [0, 0.05) is 19.0 Å². The van der Waals surface area contributed by atoms with Crippen LogP contribution in [0.25, 0.3) is 0 Å². The lowest BCUT2D eigenvalue weighted by atomic mass is 10.3. The highest BCUT2D eigenvalue weighted by atomic mass is 32.2. The molecule has 0 atom stereocenters. The summed E-state index contributed by atoms with van der Waals surface area (Å²) in [7, 11) is -3.06. The highest BCUT2D eigenvalue weighted by Gasteiger charge is 2.35. The lowest BCUT2D eigenvalue weighted by Crippen LogP contribution is -2.29.